The lowest BCUT2D eigenvalue weighted by molar-refractivity contribution is 0.0200. The number of carbonyl (C=O) groups excluding carboxylic acids is 1. The Bertz CT molecular complexity index is 548. The molecule has 0 bridgehead atoms. The molecular formula is C17H28N4O3. The largest absolute Gasteiger partial charge is 0.394 e. The summed E-state index contributed by atoms with van der Waals surface area (Å²) in [5.41, 5.74) is 0.587. The highest BCUT2D eigenvalue weighted by atomic mass is 16.5. The van der Waals surface area contributed by atoms with Crippen molar-refractivity contribution in [1.82, 2.24) is 20.0 Å². The number of ether oxygens (including phenoxy) is 1. The van der Waals surface area contributed by atoms with Gasteiger partial charge in [0.25, 0.3) is 5.91 Å². The fraction of sp³-hybridized carbons (Fsp3) is 0.765. The van der Waals surface area contributed by atoms with Gasteiger partial charge >= 0.3 is 0 Å². The number of amides is 1. The summed E-state index contributed by atoms with van der Waals surface area (Å²) in [4.78, 5) is 14.5. The summed E-state index contributed by atoms with van der Waals surface area (Å²) in [5.74, 6) is -0.0205. The zero-order valence-electron chi connectivity index (χ0n) is 14.4. The minimum Gasteiger partial charge on any atom is -0.394 e. The van der Waals surface area contributed by atoms with Crippen molar-refractivity contribution in [2.24, 2.45) is 5.41 Å². The van der Waals surface area contributed by atoms with Gasteiger partial charge in [-0.1, -0.05) is 0 Å². The van der Waals surface area contributed by atoms with Gasteiger partial charge in [-0.25, -0.2) is 0 Å². The molecule has 1 aromatic rings. The van der Waals surface area contributed by atoms with Crippen LogP contribution in [0.15, 0.2) is 12.3 Å². The van der Waals surface area contributed by atoms with E-state index in [0.717, 1.165) is 39.1 Å². The summed E-state index contributed by atoms with van der Waals surface area (Å²) in [5, 5.41) is 16.8. The normalized spacial score (nSPS) is 20.3. The average molecular weight is 336 g/mol. The fourth-order valence-electron chi connectivity index (χ4n) is 3.38. The number of hydrogen-bond donors (Lipinski definition) is 2. The lowest BCUT2D eigenvalue weighted by Crippen LogP contribution is -2.49. The monoisotopic (exact) mass is 336 g/mol. The number of carbonyl (C=O) groups is 1. The molecule has 0 aromatic carbocycles. The van der Waals surface area contributed by atoms with E-state index in [4.69, 9.17) is 9.84 Å². The number of aliphatic hydroxyl groups is 1. The van der Waals surface area contributed by atoms with E-state index >= 15 is 0 Å². The van der Waals surface area contributed by atoms with Gasteiger partial charge in [-0.15, -0.1) is 0 Å². The van der Waals surface area contributed by atoms with Crippen LogP contribution in [0.25, 0.3) is 0 Å². The molecule has 2 heterocycles. The third-order valence-electron chi connectivity index (χ3n) is 5.09. The van der Waals surface area contributed by atoms with Crippen molar-refractivity contribution in [3.05, 3.63) is 18.0 Å². The van der Waals surface area contributed by atoms with E-state index in [2.05, 4.69) is 10.4 Å². The molecule has 1 aliphatic heterocycles. The van der Waals surface area contributed by atoms with Gasteiger partial charge in [0.05, 0.1) is 19.8 Å². The smallest absolute Gasteiger partial charge is 0.274 e. The van der Waals surface area contributed by atoms with E-state index < -0.39 is 0 Å². The molecule has 1 aliphatic carbocycles. The topological polar surface area (TPSA) is 79.6 Å². The van der Waals surface area contributed by atoms with Gasteiger partial charge in [0.15, 0.2) is 0 Å². The number of aliphatic hydroxyl groups excluding tert-OH is 1. The maximum absolute atomic E-state index is 12.6. The van der Waals surface area contributed by atoms with Crippen LogP contribution >= 0.6 is 0 Å². The Labute approximate surface area is 143 Å². The van der Waals surface area contributed by atoms with Crippen molar-refractivity contribution >= 4 is 5.91 Å². The molecule has 7 heteroatoms. The van der Waals surface area contributed by atoms with Gasteiger partial charge in [0, 0.05) is 44.4 Å². The molecule has 1 saturated heterocycles. The first-order chi connectivity index (χ1) is 11.7. The summed E-state index contributed by atoms with van der Waals surface area (Å²) in [6, 6.07) is 2.41. The summed E-state index contributed by atoms with van der Waals surface area (Å²) in [7, 11) is 1.75. The number of likely N-dealkylation sites (tertiary alicyclic amines) is 1. The highest BCUT2D eigenvalue weighted by molar-refractivity contribution is 5.92. The molecule has 0 radical (unpaired) electrons. The van der Waals surface area contributed by atoms with Gasteiger partial charge in [-0.3, -0.25) is 9.48 Å². The van der Waals surface area contributed by atoms with Crippen molar-refractivity contribution < 1.29 is 14.6 Å². The molecular weight excluding hydrogens is 308 g/mol. The van der Waals surface area contributed by atoms with E-state index in [0.29, 0.717) is 18.3 Å². The molecule has 1 aromatic heterocycles. The maximum atomic E-state index is 12.6. The average Bonchev–Trinajstić information content (AvgIpc) is 3.31. The van der Waals surface area contributed by atoms with E-state index in [-0.39, 0.29) is 17.9 Å². The highest BCUT2D eigenvalue weighted by Crippen LogP contribution is 2.33. The van der Waals surface area contributed by atoms with E-state index in [1.54, 1.807) is 24.1 Å². The highest BCUT2D eigenvalue weighted by Gasteiger charge is 2.37. The molecule has 1 amide bonds. The Balaban J connectivity index is 1.56. The first-order valence-corrected chi connectivity index (χ1v) is 8.82. The Kier molecular flexibility index (Phi) is 5.53. The molecule has 2 fully saturated rings. The van der Waals surface area contributed by atoms with Crippen LogP contribution < -0.4 is 5.32 Å². The molecule has 24 heavy (non-hydrogen) atoms. The van der Waals surface area contributed by atoms with Crippen molar-refractivity contribution in [3.8, 4) is 0 Å². The zero-order valence-corrected chi connectivity index (χ0v) is 14.4. The van der Waals surface area contributed by atoms with E-state index in [9.17, 15) is 4.79 Å². The SMILES string of the molecule is COCC1(CNC2CC2)CCN(C(=O)c2ccn(CCO)n2)CC1. The van der Waals surface area contributed by atoms with Crippen LogP contribution in [0.4, 0.5) is 0 Å². The van der Waals surface area contributed by atoms with Crippen molar-refractivity contribution in [2.75, 3.05) is 40.0 Å². The minimum absolute atomic E-state index is 0.0204. The number of nitrogens with zero attached hydrogens (tertiary/aromatic N) is 3. The Hall–Kier alpha value is -1.44. The van der Waals surface area contributed by atoms with Crippen molar-refractivity contribution in [3.63, 3.8) is 0 Å². The fourth-order valence-corrected chi connectivity index (χ4v) is 3.38. The van der Waals surface area contributed by atoms with Gasteiger partial charge < -0.3 is 20.1 Å². The van der Waals surface area contributed by atoms with Gasteiger partial charge in [0.2, 0.25) is 0 Å². The first-order valence-electron chi connectivity index (χ1n) is 8.82. The second-order valence-corrected chi connectivity index (χ2v) is 7.07. The van der Waals surface area contributed by atoms with Gasteiger partial charge in [0.1, 0.15) is 5.69 Å². The summed E-state index contributed by atoms with van der Waals surface area (Å²) < 4.78 is 7.07. The molecule has 0 unspecified atom stereocenters. The van der Waals surface area contributed by atoms with Gasteiger partial charge in [-0.05, 0) is 31.7 Å². The standard InChI is InChI=1S/C17H28N4O3/c1-24-13-17(12-18-14-2-3-14)5-8-20(9-6-17)16(23)15-4-7-21(19-15)10-11-22/h4,7,14,18,22H,2-3,5-6,8-13H2,1H3. The van der Waals surface area contributed by atoms with Crippen LogP contribution in [0.1, 0.15) is 36.2 Å². The number of methoxy groups -OCH3 is 1. The zero-order chi connectivity index (χ0) is 17.0. The molecule has 0 spiro atoms. The molecule has 2 N–H and O–H groups in total. The van der Waals surface area contributed by atoms with Crippen molar-refractivity contribution in [2.45, 2.75) is 38.3 Å². The first kappa shape index (κ1) is 17.4. The molecule has 134 valence electrons. The number of piperidine rings is 1. The lowest BCUT2D eigenvalue weighted by Gasteiger charge is -2.41. The van der Waals surface area contributed by atoms with Crippen LogP contribution in [0.5, 0.6) is 0 Å². The number of aromatic nitrogens is 2. The van der Waals surface area contributed by atoms with Crippen LogP contribution in [-0.2, 0) is 11.3 Å². The predicted molar refractivity (Wildman–Crippen MR) is 89.8 cm³/mol. The van der Waals surface area contributed by atoms with E-state index in [1.807, 2.05) is 4.90 Å². The van der Waals surface area contributed by atoms with Crippen LogP contribution in [-0.4, -0.2) is 71.7 Å². The summed E-state index contributed by atoms with van der Waals surface area (Å²) >= 11 is 0. The van der Waals surface area contributed by atoms with Crippen LogP contribution in [0.2, 0.25) is 0 Å². The molecule has 1 saturated carbocycles. The number of hydrogen-bond acceptors (Lipinski definition) is 5. The van der Waals surface area contributed by atoms with Crippen LogP contribution in [0.3, 0.4) is 0 Å². The lowest BCUT2D eigenvalue weighted by atomic mass is 9.78. The number of nitrogens with one attached hydrogen (secondary N) is 1. The molecule has 7 nitrogen and oxygen atoms in total. The summed E-state index contributed by atoms with van der Waals surface area (Å²) in [6.07, 6.45) is 6.20. The van der Waals surface area contributed by atoms with Gasteiger partial charge in [-0.2, -0.15) is 5.10 Å². The summed E-state index contributed by atoms with van der Waals surface area (Å²) in [6.45, 7) is 3.62. The predicted octanol–water partition coefficient (Wildman–Crippen LogP) is 0.496. The minimum atomic E-state index is -0.0205. The Morgan fingerprint density at radius 3 is 2.83 bits per heavy atom. The second-order valence-electron chi connectivity index (χ2n) is 7.07. The van der Waals surface area contributed by atoms with E-state index in [1.165, 1.54) is 12.8 Å². The maximum Gasteiger partial charge on any atom is 0.274 e. The molecule has 2 aliphatic rings. The third kappa shape index (κ3) is 4.15. The molecule has 0 atom stereocenters. The quantitative estimate of drug-likeness (QED) is 0.722. The van der Waals surface area contributed by atoms with Crippen molar-refractivity contribution in [1.29, 1.82) is 0 Å². The number of rotatable bonds is 8. The Morgan fingerprint density at radius 1 is 1.46 bits per heavy atom. The van der Waals surface area contributed by atoms with Crippen LogP contribution in [0, 0.1) is 5.41 Å². The molecule has 3 rings (SSSR count). The Morgan fingerprint density at radius 2 is 2.21 bits per heavy atom. The second kappa shape index (κ2) is 7.63. The third-order valence-corrected chi connectivity index (χ3v) is 5.09.